The molecule has 0 bridgehead atoms. The lowest BCUT2D eigenvalue weighted by atomic mass is 9.94. The third-order valence-electron chi connectivity index (χ3n) is 3.23. The standard InChI is InChI=1S/C10H19NO/c1-10(8-12-10)7-9-5-3-4-6-11(9)2/h9H,3-8H2,1-2H3. The van der Waals surface area contributed by atoms with Gasteiger partial charge in [-0.1, -0.05) is 6.42 Å². The van der Waals surface area contributed by atoms with Crippen molar-refractivity contribution < 1.29 is 4.74 Å². The molecule has 0 aromatic heterocycles. The highest BCUT2D eigenvalue weighted by atomic mass is 16.6. The van der Waals surface area contributed by atoms with Crippen molar-refractivity contribution in [3.05, 3.63) is 0 Å². The van der Waals surface area contributed by atoms with E-state index in [9.17, 15) is 0 Å². The van der Waals surface area contributed by atoms with Gasteiger partial charge in [0, 0.05) is 6.04 Å². The van der Waals surface area contributed by atoms with Crippen LogP contribution in [0.5, 0.6) is 0 Å². The zero-order valence-corrected chi connectivity index (χ0v) is 8.18. The first-order valence-electron chi connectivity index (χ1n) is 5.04. The highest BCUT2D eigenvalue weighted by Crippen LogP contribution is 2.34. The van der Waals surface area contributed by atoms with Crippen molar-refractivity contribution in [2.75, 3.05) is 20.2 Å². The van der Waals surface area contributed by atoms with E-state index < -0.39 is 0 Å². The van der Waals surface area contributed by atoms with E-state index in [0.717, 1.165) is 12.6 Å². The Morgan fingerprint density at radius 2 is 2.25 bits per heavy atom. The number of hydrogen-bond donors (Lipinski definition) is 0. The van der Waals surface area contributed by atoms with Gasteiger partial charge in [0.25, 0.3) is 0 Å². The number of epoxide rings is 1. The Bertz CT molecular complexity index is 165. The third-order valence-corrected chi connectivity index (χ3v) is 3.23. The molecule has 2 aliphatic heterocycles. The summed E-state index contributed by atoms with van der Waals surface area (Å²) >= 11 is 0. The van der Waals surface area contributed by atoms with Gasteiger partial charge in [-0.25, -0.2) is 0 Å². The Labute approximate surface area is 74.9 Å². The topological polar surface area (TPSA) is 15.8 Å². The molecule has 2 fully saturated rings. The van der Waals surface area contributed by atoms with Crippen LogP contribution >= 0.6 is 0 Å². The molecule has 0 N–H and O–H groups in total. The minimum atomic E-state index is 0.246. The zero-order chi connectivity index (χ0) is 8.60. The number of likely N-dealkylation sites (tertiary alicyclic amines) is 1. The monoisotopic (exact) mass is 169 g/mol. The fourth-order valence-electron chi connectivity index (χ4n) is 2.14. The number of piperidine rings is 1. The minimum absolute atomic E-state index is 0.246. The molecule has 0 spiro atoms. The first-order chi connectivity index (χ1) is 5.70. The van der Waals surface area contributed by atoms with Gasteiger partial charge < -0.3 is 9.64 Å². The van der Waals surface area contributed by atoms with Crippen LogP contribution in [-0.2, 0) is 4.74 Å². The van der Waals surface area contributed by atoms with E-state index in [1.165, 1.54) is 32.2 Å². The lowest BCUT2D eigenvalue weighted by Crippen LogP contribution is -2.38. The second-order valence-electron chi connectivity index (χ2n) is 4.57. The Morgan fingerprint density at radius 1 is 1.50 bits per heavy atom. The first kappa shape index (κ1) is 8.52. The molecule has 0 aromatic rings. The Balaban J connectivity index is 1.84. The normalized spacial score (nSPS) is 43.0. The van der Waals surface area contributed by atoms with E-state index in [1.54, 1.807) is 0 Å². The van der Waals surface area contributed by atoms with E-state index in [0.29, 0.717) is 0 Å². The molecular weight excluding hydrogens is 150 g/mol. The highest BCUT2D eigenvalue weighted by Gasteiger charge is 2.42. The van der Waals surface area contributed by atoms with Gasteiger partial charge in [0.2, 0.25) is 0 Å². The molecule has 12 heavy (non-hydrogen) atoms. The van der Waals surface area contributed by atoms with Gasteiger partial charge in [-0.3, -0.25) is 0 Å². The SMILES string of the molecule is CN1CCCCC1CC1(C)CO1. The van der Waals surface area contributed by atoms with E-state index >= 15 is 0 Å². The molecule has 2 heterocycles. The lowest BCUT2D eigenvalue weighted by molar-refractivity contribution is 0.144. The maximum Gasteiger partial charge on any atom is 0.0903 e. The van der Waals surface area contributed by atoms with Crippen LogP contribution in [0.1, 0.15) is 32.6 Å². The smallest absolute Gasteiger partial charge is 0.0903 e. The first-order valence-corrected chi connectivity index (χ1v) is 5.04. The summed E-state index contributed by atoms with van der Waals surface area (Å²) in [7, 11) is 2.25. The Morgan fingerprint density at radius 3 is 2.83 bits per heavy atom. The van der Waals surface area contributed by atoms with Crippen molar-refractivity contribution in [2.24, 2.45) is 0 Å². The predicted octanol–water partition coefficient (Wildman–Crippen LogP) is 1.65. The molecule has 70 valence electrons. The molecule has 2 atom stereocenters. The van der Waals surface area contributed by atoms with Crippen LogP contribution in [-0.4, -0.2) is 36.7 Å². The van der Waals surface area contributed by atoms with Crippen molar-refractivity contribution in [1.82, 2.24) is 4.90 Å². The molecule has 0 aliphatic carbocycles. The van der Waals surface area contributed by atoms with Crippen LogP contribution in [0.15, 0.2) is 0 Å². The lowest BCUT2D eigenvalue weighted by Gasteiger charge is -2.33. The summed E-state index contributed by atoms with van der Waals surface area (Å²) in [6, 6.07) is 0.784. The minimum Gasteiger partial charge on any atom is -0.370 e. The fourth-order valence-corrected chi connectivity index (χ4v) is 2.14. The third kappa shape index (κ3) is 1.80. The molecule has 2 unspecified atom stereocenters. The van der Waals surface area contributed by atoms with Crippen LogP contribution in [0.25, 0.3) is 0 Å². The van der Waals surface area contributed by atoms with Crippen LogP contribution in [0, 0.1) is 0 Å². The van der Waals surface area contributed by atoms with E-state index in [4.69, 9.17) is 4.74 Å². The molecule has 2 saturated heterocycles. The summed E-state index contributed by atoms with van der Waals surface area (Å²) in [4.78, 5) is 2.50. The second-order valence-corrected chi connectivity index (χ2v) is 4.57. The van der Waals surface area contributed by atoms with Gasteiger partial charge in [-0.05, 0) is 39.8 Å². The summed E-state index contributed by atoms with van der Waals surface area (Å²) < 4.78 is 5.42. The molecule has 2 rings (SSSR count). The molecule has 0 saturated carbocycles. The Hall–Kier alpha value is -0.0800. The van der Waals surface area contributed by atoms with Crippen molar-refractivity contribution >= 4 is 0 Å². The highest BCUT2D eigenvalue weighted by molar-refractivity contribution is 4.92. The summed E-state index contributed by atoms with van der Waals surface area (Å²) in [6.45, 7) is 4.49. The fraction of sp³-hybridized carbons (Fsp3) is 1.00. The van der Waals surface area contributed by atoms with Gasteiger partial charge in [-0.15, -0.1) is 0 Å². The largest absolute Gasteiger partial charge is 0.370 e. The summed E-state index contributed by atoms with van der Waals surface area (Å²) in [5, 5.41) is 0. The number of nitrogens with zero attached hydrogens (tertiary/aromatic N) is 1. The summed E-state index contributed by atoms with van der Waals surface area (Å²) in [5.41, 5.74) is 0.246. The van der Waals surface area contributed by atoms with E-state index in [-0.39, 0.29) is 5.60 Å². The van der Waals surface area contributed by atoms with Crippen molar-refractivity contribution in [3.8, 4) is 0 Å². The number of hydrogen-bond acceptors (Lipinski definition) is 2. The van der Waals surface area contributed by atoms with Gasteiger partial charge in [-0.2, -0.15) is 0 Å². The average Bonchev–Trinajstić information content (AvgIpc) is 2.74. The van der Waals surface area contributed by atoms with Crippen molar-refractivity contribution in [1.29, 1.82) is 0 Å². The molecular formula is C10H19NO. The molecule has 0 aromatic carbocycles. The van der Waals surface area contributed by atoms with Gasteiger partial charge >= 0.3 is 0 Å². The molecule has 2 aliphatic rings. The summed E-state index contributed by atoms with van der Waals surface area (Å²) in [5.74, 6) is 0. The molecule has 0 amide bonds. The maximum absolute atomic E-state index is 5.42. The average molecular weight is 169 g/mol. The molecule has 2 heteroatoms. The number of ether oxygens (including phenoxy) is 1. The second kappa shape index (κ2) is 3.00. The van der Waals surface area contributed by atoms with Crippen molar-refractivity contribution in [2.45, 2.75) is 44.2 Å². The van der Waals surface area contributed by atoms with Gasteiger partial charge in [0.1, 0.15) is 0 Å². The summed E-state index contributed by atoms with van der Waals surface area (Å²) in [6.07, 6.45) is 5.40. The van der Waals surface area contributed by atoms with Gasteiger partial charge in [0.15, 0.2) is 0 Å². The molecule has 2 nitrogen and oxygen atoms in total. The van der Waals surface area contributed by atoms with Crippen LogP contribution < -0.4 is 0 Å². The van der Waals surface area contributed by atoms with E-state index in [2.05, 4.69) is 18.9 Å². The van der Waals surface area contributed by atoms with E-state index in [1.807, 2.05) is 0 Å². The quantitative estimate of drug-likeness (QED) is 0.584. The number of rotatable bonds is 2. The van der Waals surface area contributed by atoms with Gasteiger partial charge in [0.05, 0.1) is 12.2 Å². The molecule has 0 radical (unpaired) electrons. The predicted molar refractivity (Wildman–Crippen MR) is 49.2 cm³/mol. The zero-order valence-electron chi connectivity index (χ0n) is 8.18. The van der Waals surface area contributed by atoms with Crippen LogP contribution in [0.4, 0.5) is 0 Å². The van der Waals surface area contributed by atoms with Crippen LogP contribution in [0.3, 0.4) is 0 Å². The maximum atomic E-state index is 5.42. The van der Waals surface area contributed by atoms with Crippen molar-refractivity contribution in [3.63, 3.8) is 0 Å². The Kier molecular flexibility index (Phi) is 2.13. The van der Waals surface area contributed by atoms with Crippen LogP contribution in [0.2, 0.25) is 0 Å².